The van der Waals surface area contributed by atoms with Gasteiger partial charge in [0.15, 0.2) is 10.8 Å². The van der Waals surface area contributed by atoms with E-state index in [0.717, 1.165) is 0 Å². The van der Waals surface area contributed by atoms with Crippen molar-refractivity contribution in [3.63, 3.8) is 0 Å². The fourth-order valence-electron chi connectivity index (χ4n) is 1.91. The SMILES string of the molecule is Cn1c(=O)nc(Cl)c2[nH]c(-c3cc(Cl)cc(Cl)c3Cl)nc21. The van der Waals surface area contributed by atoms with Crippen LogP contribution in [-0.2, 0) is 7.05 Å². The summed E-state index contributed by atoms with van der Waals surface area (Å²) >= 11 is 24.1. The van der Waals surface area contributed by atoms with Crippen molar-refractivity contribution >= 4 is 57.6 Å². The van der Waals surface area contributed by atoms with Crippen LogP contribution in [0.3, 0.4) is 0 Å². The molecule has 0 atom stereocenters. The minimum absolute atomic E-state index is 0.0381. The molecule has 0 bridgehead atoms. The fraction of sp³-hybridized carbons (Fsp3) is 0.0833. The van der Waals surface area contributed by atoms with E-state index in [1.54, 1.807) is 13.1 Å². The summed E-state index contributed by atoms with van der Waals surface area (Å²) < 4.78 is 1.28. The summed E-state index contributed by atoms with van der Waals surface area (Å²) in [7, 11) is 1.55. The number of rotatable bonds is 1. The molecule has 1 aromatic carbocycles. The molecule has 0 spiro atoms. The number of nitrogens with zero attached hydrogens (tertiary/aromatic N) is 3. The molecule has 2 heterocycles. The highest BCUT2D eigenvalue weighted by Crippen LogP contribution is 2.36. The molecule has 3 rings (SSSR count). The van der Waals surface area contributed by atoms with Crippen LogP contribution < -0.4 is 5.69 Å². The Morgan fingerprint density at radius 1 is 1.14 bits per heavy atom. The first kappa shape index (κ1) is 14.7. The lowest BCUT2D eigenvalue weighted by Gasteiger charge is -2.03. The molecule has 0 amide bonds. The number of nitrogens with one attached hydrogen (secondary N) is 1. The number of imidazole rings is 1. The van der Waals surface area contributed by atoms with Crippen LogP contribution in [0.25, 0.3) is 22.6 Å². The van der Waals surface area contributed by atoms with Crippen LogP contribution in [0.5, 0.6) is 0 Å². The van der Waals surface area contributed by atoms with Gasteiger partial charge < -0.3 is 4.98 Å². The molecule has 108 valence electrons. The third-order valence-electron chi connectivity index (χ3n) is 2.94. The van der Waals surface area contributed by atoms with E-state index in [4.69, 9.17) is 46.4 Å². The number of aromatic amines is 1. The number of aryl methyl sites for hydroxylation is 1. The minimum atomic E-state index is -0.499. The number of halogens is 4. The molecule has 0 aliphatic rings. The van der Waals surface area contributed by atoms with E-state index in [1.165, 1.54) is 10.6 Å². The second-order valence-corrected chi connectivity index (χ2v) is 5.86. The average molecular weight is 364 g/mol. The largest absolute Gasteiger partial charge is 0.350 e. The van der Waals surface area contributed by atoms with E-state index >= 15 is 0 Å². The molecule has 0 unspecified atom stereocenters. The molecule has 3 aromatic rings. The first-order valence-corrected chi connectivity index (χ1v) is 7.17. The number of hydrogen-bond donors (Lipinski definition) is 1. The topological polar surface area (TPSA) is 63.6 Å². The lowest BCUT2D eigenvalue weighted by Crippen LogP contribution is -2.20. The molecule has 0 aliphatic carbocycles. The molecule has 0 radical (unpaired) electrons. The summed E-state index contributed by atoms with van der Waals surface area (Å²) in [6.07, 6.45) is 0. The van der Waals surface area contributed by atoms with Crippen molar-refractivity contribution in [1.82, 2.24) is 19.5 Å². The zero-order valence-electron chi connectivity index (χ0n) is 10.4. The van der Waals surface area contributed by atoms with Crippen LogP contribution >= 0.6 is 46.4 Å². The summed E-state index contributed by atoms with van der Waals surface area (Å²) in [6.45, 7) is 0. The second-order valence-electron chi connectivity index (χ2n) is 4.28. The first-order valence-electron chi connectivity index (χ1n) is 5.65. The van der Waals surface area contributed by atoms with E-state index in [9.17, 15) is 4.79 Å². The van der Waals surface area contributed by atoms with Gasteiger partial charge in [-0.1, -0.05) is 46.4 Å². The van der Waals surface area contributed by atoms with Gasteiger partial charge in [0.1, 0.15) is 11.3 Å². The molecule has 0 aliphatic heterocycles. The minimum Gasteiger partial charge on any atom is -0.334 e. The Labute approximate surface area is 138 Å². The zero-order chi connectivity index (χ0) is 15.3. The van der Waals surface area contributed by atoms with E-state index in [0.29, 0.717) is 37.6 Å². The molecule has 2 aromatic heterocycles. The van der Waals surface area contributed by atoms with Gasteiger partial charge in [0, 0.05) is 17.6 Å². The van der Waals surface area contributed by atoms with Crippen molar-refractivity contribution in [2.75, 3.05) is 0 Å². The van der Waals surface area contributed by atoms with Crippen LogP contribution in [-0.4, -0.2) is 19.5 Å². The number of fused-ring (bicyclic) bond motifs is 1. The number of hydrogen-bond acceptors (Lipinski definition) is 3. The Morgan fingerprint density at radius 2 is 1.86 bits per heavy atom. The van der Waals surface area contributed by atoms with Crippen molar-refractivity contribution in [2.45, 2.75) is 0 Å². The maximum atomic E-state index is 11.6. The van der Waals surface area contributed by atoms with Crippen molar-refractivity contribution in [3.8, 4) is 11.4 Å². The Bertz CT molecular complexity index is 931. The van der Waals surface area contributed by atoms with Crippen molar-refractivity contribution in [1.29, 1.82) is 0 Å². The van der Waals surface area contributed by atoms with Crippen LogP contribution in [0.15, 0.2) is 16.9 Å². The molecule has 9 heteroatoms. The average Bonchev–Trinajstić information content (AvgIpc) is 2.86. The summed E-state index contributed by atoms with van der Waals surface area (Å²) in [5, 5.41) is 1.06. The maximum Gasteiger partial charge on any atom is 0.350 e. The lowest BCUT2D eigenvalue weighted by molar-refractivity contribution is 0.842. The van der Waals surface area contributed by atoms with Crippen LogP contribution in [0.4, 0.5) is 0 Å². The monoisotopic (exact) mass is 362 g/mol. The quantitative estimate of drug-likeness (QED) is 0.526. The van der Waals surface area contributed by atoms with Gasteiger partial charge in [-0.3, -0.25) is 4.57 Å². The molecular formula is C12H6Cl4N4O. The summed E-state index contributed by atoms with van der Waals surface area (Å²) in [5.41, 5.74) is 0.803. The zero-order valence-corrected chi connectivity index (χ0v) is 13.4. The van der Waals surface area contributed by atoms with Gasteiger partial charge in [-0.05, 0) is 12.1 Å². The highest BCUT2D eigenvalue weighted by atomic mass is 35.5. The molecule has 0 saturated carbocycles. The normalized spacial score (nSPS) is 11.3. The predicted molar refractivity (Wildman–Crippen MR) is 84.6 cm³/mol. The summed E-state index contributed by atoms with van der Waals surface area (Å²) in [4.78, 5) is 22.6. The second kappa shape index (κ2) is 5.18. The predicted octanol–water partition coefficient (Wildman–Crippen LogP) is 3.94. The van der Waals surface area contributed by atoms with Gasteiger partial charge in [-0.2, -0.15) is 4.98 Å². The van der Waals surface area contributed by atoms with Gasteiger partial charge in [0.05, 0.1) is 10.0 Å². The van der Waals surface area contributed by atoms with E-state index in [2.05, 4.69) is 15.0 Å². The van der Waals surface area contributed by atoms with E-state index < -0.39 is 5.69 Å². The van der Waals surface area contributed by atoms with E-state index in [1.807, 2.05) is 0 Å². The van der Waals surface area contributed by atoms with Gasteiger partial charge in [-0.15, -0.1) is 0 Å². The highest BCUT2D eigenvalue weighted by molar-refractivity contribution is 6.45. The number of aromatic nitrogens is 4. The van der Waals surface area contributed by atoms with Gasteiger partial charge in [-0.25, -0.2) is 9.78 Å². The van der Waals surface area contributed by atoms with Crippen LogP contribution in [0.2, 0.25) is 20.2 Å². The Hall–Kier alpha value is -1.27. The van der Waals surface area contributed by atoms with Crippen molar-refractivity contribution in [2.24, 2.45) is 7.05 Å². The highest BCUT2D eigenvalue weighted by Gasteiger charge is 2.16. The number of benzene rings is 1. The fourth-order valence-corrected chi connectivity index (χ4v) is 2.81. The Balaban J connectivity index is 2.35. The van der Waals surface area contributed by atoms with Crippen LogP contribution in [0.1, 0.15) is 0 Å². The molecule has 5 nitrogen and oxygen atoms in total. The third kappa shape index (κ3) is 2.40. The van der Waals surface area contributed by atoms with E-state index in [-0.39, 0.29) is 5.15 Å². The third-order valence-corrected chi connectivity index (χ3v) is 4.23. The molecule has 1 N–H and O–H groups in total. The van der Waals surface area contributed by atoms with Crippen molar-refractivity contribution in [3.05, 3.63) is 42.8 Å². The lowest BCUT2D eigenvalue weighted by atomic mass is 10.2. The maximum absolute atomic E-state index is 11.6. The molecule has 0 fully saturated rings. The van der Waals surface area contributed by atoms with Gasteiger partial charge >= 0.3 is 5.69 Å². The molecule has 21 heavy (non-hydrogen) atoms. The van der Waals surface area contributed by atoms with Gasteiger partial charge in [0.2, 0.25) is 0 Å². The Morgan fingerprint density at radius 3 is 2.57 bits per heavy atom. The Kier molecular flexibility index (Phi) is 3.61. The first-order chi connectivity index (χ1) is 9.88. The standard InChI is InChI=1S/C12H6Cl4N4O/c1-20-11-8(9(16)18-12(20)21)17-10(19-11)5-2-4(13)3-6(14)7(5)15/h2-3H,1H3,(H,17,19). The van der Waals surface area contributed by atoms with Gasteiger partial charge in [0.25, 0.3) is 0 Å². The summed E-state index contributed by atoms with van der Waals surface area (Å²) in [6, 6.07) is 3.15. The molecular weight excluding hydrogens is 358 g/mol. The molecule has 0 saturated heterocycles. The van der Waals surface area contributed by atoms with Crippen molar-refractivity contribution < 1.29 is 0 Å². The smallest absolute Gasteiger partial charge is 0.334 e. The number of H-pyrrole nitrogens is 1. The summed E-state index contributed by atoms with van der Waals surface area (Å²) in [5.74, 6) is 0.393. The van der Waals surface area contributed by atoms with Crippen LogP contribution in [0, 0.1) is 0 Å².